The molecular weight excluding hydrogens is 160 g/mol. The minimum atomic E-state index is 0.254. The Kier molecular flexibility index (Phi) is 2.98. The molecule has 11 heavy (non-hydrogen) atoms. The van der Waals surface area contributed by atoms with Crippen molar-refractivity contribution in [1.82, 2.24) is 0 Å². The van der Waals surface area contributed by atoms with Gasteiger partial charge in [0, 0.05) is 5.75 Å². The van der Waals surface area contributed by atoms with E-state index >= 15 is 0 Å². The van der Waals surface area contributed by atoms with Crippen LogP contribution in [0.2, 0.25) is 0 Å². The summed E-state index contributed by atoms with van der Waals surface area (Å²) in [6, 6.07) is 6.82. The van der Waals surface area contributed by atoms with Crippen LogP contribution in [0.4, 0.5) is 0 Å². The van der Waals surface area contributed by atoms with Crippen LogP contribution in [0.3, 0.4) is 0 Å². The molecule has 0 aromatic heterocycles. The van der Waals surface area contributed by atoms with Gasteiger partial charge in [0.25, 0.3) is 0 Å². The number of thioether (sulfide) groups is 1. The second kappa shape index (κ2) is 4.03. The Morgan fingerprint density at radius 3 is 2.55 bits per heavy atom. The van der Waals surface area contributed by atoms with E-state index in [4.69, 9.17) is 5.11 Å². The fraction of sp³-hybridized carbons (Fsp3) is 0.125. The Morgan fingerprint density at radius 1 is 1.36 bits per heavy atom. The molecule has 0 aliphatic rings. The number of carbonyl (C=O) groups excluding carboxylic acids is 1. The van der Waals surface area contributed by atoms with Gasteiger partial charge in [0.15, 0.2) is 5.62 Å². The molecule has 1 aromatic rings. The van der Waals surface area contributed by atoms with E-state index in [0.717, 1.165) is 11.2 Å². The lowest BCUT2D eigenvalue weighted by Gasteiger charge is -1.95. The van der Waals surface area contributed by atoms with Crippen molar-refractivity contribution in [1.29, 1.82) is 0 Å². The van der Waals surface area contributed by atoms with Crippen LogP contribution in [0.25, 0.3) is 0 Å². The molecule has 0 saturated carbocycles. The maximum atomic E-state index is 9.96. The van der Waals surface area contributed by atoms with Crippen molar-refractivity contribution in [3.8, 4) is 5.75 Å². The van der Waals surface area contributed by atoms with Gasteiger partial charge in [-0.05, 0) is 17.7 Å². The van der Waals surface area contributed by atoms with Crippen LogP contribution in [0.15, 0.2) is 24.3 Å². The summed E-state index contributed by atoms with van der Waals surface area (Å²) < 4.78 is 0. The quantitative estimate of drug-likeness (QED) is 0.699. The van der Waals surface area contributed by atoms with Gasteiger partial charge in [-0.15, -0.1) is 0 Å². The first-order valence-corrected chi connectivity index (χ1v) is 4.21. The van der Waals surface area contributed by atoms with E-state index in [2.05, 4.69) is 0 Å². The SMILES string of the molecule is O=CSCc1ccc(O)cc1. The molecule has 0 fully saturated rings. The fourth-order valence-electron chi connectivity index (χ4n) is 0.722. The highest BCUT2D eigenvalue weighted by Crippen LogP contribution is 2.13. The van der Waals surface area contributed by atoms with E-state index in [0.29, 0.717) is 5.75 Å². The predicted molar refractivity (Wildman–Crippen MR) is 46.2 cm³/mol. The maximum absolute atomic E-state index is 9.96. The molecule has 0 heterocycles. The summed E-state index contributed by atoms with van der Waals surface area (Å²) in [5.41, 5.74) is 1.85. The third-order valence-corrected chi connectivity index (χ3v) is 1.89. The van der Waals surface area contributed by atoms with Crippen molar-refractivity contribution in [2.45, 2.75) is 5.75 Å². The number of hydrogen-bond donors (Lipinski definition) is 1. The van der Waals surface area contributed by atoms with E-state index < -0.39 is 0 Å². The number of phenolic OH excluding ortho intramolecular Hbond substituents is 1. The van der Waals surface area contributed by atoms with Gasteiger partial charge in [-0.25, -0.2) is 0 Å². The van der Waals surface area contributed by atoms with Gasteiger partial charge in [0.1, 0.15) is 5.75 Å². The zero-order valence-corrected chi connectivity index (χ0v) is 6.67. The number of phenols is 1. The molecule has 0 saturated heterocycles. The van der Waals surface area contributed by atoms with Gasteiger partial charge in [-0.1, -0.05) is 23.9 Å². The molecule has 3 heteroatoms. The smallest absolute Gasteiger partial charge is 0.176 e. The highest BCUT2D eigenvalue weighted by molar-refractivity contribution is 8.11. The first-order valence-electron chi connectivity index (χ1n) is 3.16. The van der Waals surface area contributed by atoms with Crippen LogP contribution in [0.1, 0.15) is 5.56 Å². The molecule has 0 amide bonds. The molecule has 1 N–H and O–H groups in total. The van der Waals surface area contributed by atoms with Crippen molar-refractivity contribution >= 4 is 17.4 Å². The summed E-state index contributed by atoms with van der Waals surface area (Å²) in [7, 11) is 0. The highest BCUT2D eigenvalue weighted by Gasteiger charge is 1.91. The fourth-order valence-corrected chi connectivity index (χ4v) is 1.18. The molecule has 0 bridgehead atoms. The summed E-state index contributed by atoms with van der Waals surface area (Å²) in [5.74, 6) is 0.925. The van der Waals surface area contributed by atoms with Gasteiger partial charge < -0.3 is 5.11 Å². The Hall–Kier alpha value is -0.960. The first kappa shape index (κ1) is 8.14. The van der Waals surface area contributed by atoms with Crippen molar-refractivity contribution in [2.24, 2.45) is 0 Å². The molecule has 1 rings (SSSR count). The summed E-state index contributed by atoms with van der Waals surface area (Å²) in [5, 5.41) is 8.91. The maximum Gasteiger partial charge on any atom is 0.176 e. The average Bonchev–Trinajstić information content (AvgIpc) is 2.04. The molecule has 0 atom stereocenters. The summed E-state index contributed by atoms with van der Waals surface area (Å²) >= 11 is 1.20. The van der Waals surface area contributed by atoms with Gasteiger partial charge >= 0.3 is 0 Å². The van der Waals surface area contributed by atoms with Gasteiger partial charge in [0.2, 0.25) is 0 Å². The Balaban J connectivity index is 2.58. The second-order valence-electron chi connectivity index (χ2n) is 2.07. The number of carbonyl (C=O) groups is 1. The average molecular weight is 168 g/mol. The Labute approximate surface area is 69.2 Å². The van der Waals surface area contributed by atoms with E-state index in [1.807, 2.05) is 0 Å². The van der Waals surface area contributed by atoms with Crippen LogP contribution in [-0.4, -0.2) is 10.7 Å². The van der Waals surface area contributed by atoms with Crippen molar-refractivity contribution in [2.75, 3.05) is 0 Å². The van der Waals surface area contributed by atoms with Crippen LogP contribution < -0.4 is 0 Å². The summed E-state index contributed by atoms with van der Waals surface area (Å²) in [4.78, 5) is 9.96. The molecule has 2 nitrogen and oxygen atoms in total. The monoisotopic (exact) mass is 168 g/mol. The normalized spacial score (nSPS) is 9.45. The molecular formula is C8H8O2S. The van der Waals surface area contributed by atoms with Crippen LogP contribution in [0, 0.1) is 0 Å². The van der Waals surface area contributed by atoms with Crippen molar-refractivity contribution in [3.05, 3.63) is 29.8 Å². The van der Waals surface area contributed by atoms with E-state index in [1.54, 1.807) is 24.3 Å². The zero-order chi connectivity index (χ0) is 8.10. The van der Waals surface area contributed by atoms with Crippen LogP contribution in [0.5, 0.6) is 5.75 Å². The lowest BCUT2D eigenvalue weighted by atomic mass is 10.2. The van der Waals surface area contributed by atoms with E-state index in [9.17, 15) is 4.79 Å². The van der Waals surface area contributed by atoms with Gasteiger partial charge in [-0.3, -0.25) is 4.79 Å². The van der Waals surface area contributed by atoms with Crippen LogP contribution in [-0.2, 0) is 10.5 Å². The lowest BCUT2D eigenvalue weighted by molar-refractivity contribution is 0.475. The molecule has 0 radical (unpaired) electrons. The van der Waals surface area contributed by atoms with E-state index in [1.165, 1.54) is 11.8 Å². The minimum Gasteiger partial charge on any atom is -0.508 e. The minimum absolute atomic E-state index is 0.254. The van der Waals surface area contributed by atoms with Crippen molar-refractivity contribution in [3.63, 3.8) is 0 Å². The van der Waals surface area contributed by atoms with Gasteiger partial charge in [0.05, 0.1) is 0 Å². The molecule has 0 aliphatic carbocycles. The Bertz CT molecular complexity index is 230. The number of rotatable bonds is 3. The number of hydrogen-bond acceptors (Lipinski definition) is 3. The largest absolute Gasteiger partial charge is 0.508 e. The van der Waals surface area contributed by atoms with Crippen molar-refractivity contribution < 1.29 is 9.90 Å². The number of benzene rings is 1. The highest BCUT2D eigenvalue weighted by atomic mass is 32.2. The van der Waals surface area contributed by atoms with E-state index in [-0.39, 0.29) is 5.75 Å². The standard InChI is InChI=1S/C8H8O2S/c9-6-11-5-7-1-3-8(10)4-2-7/h1-4,6,10H,5H2. The summed E-state index contributed by atoms with van der Waals surface area (Å²) in [6.45, 7) is 0. The number of aromatic hydroxyl groups is 1. The molecule has 1 aromatic carbocycles. The second-order valence-corrected chi connectivity index (χ2v) is 2.89. The Morgan fingerprint density at radius 2 is 2.00 bits per heavy atom. The topological polar surface area (TPSA) is 37.3 Å². The van der Waals surface area contributed by atoms with Gasteiger partial charge in [-0.2, -0.15) is 0 Å². The van der Waals surface area contributed by atoms with Crippen LogP contribution >= 0.6 is 11.8 Å². The molecule has 0 spiro atoms. The zero-order valence-electron chi connectivity index (χ0n) is 5.86. The third kappa shape index (κ3) is 2.63. The molecule has 0 unspecified atom stereocenters. The molecule has 58 valence electrons. The lowest BCUT2D eigenvalue weighted by Crippen LogP contribution is -1.77. The predicted octanol–water partition coefficient (Wildman–Crippen LogP) is 1.82. The first-order chi connectivity index (χ1) is 5.33. The summed E-state index contributed by atoms with van der Waals surface area (Å²) in [6.07, 6.45) is 0. The molecule has 0 aliphatic heterocycles. The third-order valence-electron chi connectivity index (χ3n) is 1.25.